The number of methoxy groups -OCH3 is 1. The van der Waals surface area contributed by atoms with Crippen molar-refractivity contribution in [3.05, 3.63) is 64.0 Å². The molecule has 0 bridgehead atoms. The average Bonchev–Trinajstić information content (AvgIpc) is 3.06. The van der Waals surface area contributed by atoms with Crippen LogP contribution in [0.4, 0.5) is 5.00 Å². The lowest BCUT2D eigenvalue weighted by Gasteiger charge is -2.14. The Morgan fingerprint density at radius 1 is 1.31 bits per heavy atom. The van der Waals surface area contributed by atoms with Crippen LogP contribution in [-0.4, -0.2) is 30.2 Å². The molecule has 0 saturated heterocycles. The Bertz CT molecular complexity index is 899. The predicted octanol–water partition coefficient (Wildman–Crippen LogP) is 4.61. The number of anilines is 1. The molecule has 2 N–H and O–H groups in total. The van der Waals surface area contributed by atoms with Crippen LogP contribution in [0.15, 0.2) is 53.4 Å². The van der Waals surface area contributed by atoms with Crippen molar-refractivity contribution in [2.45, 2.75) is 12.5 Å². The van der Waals surface area contributed by atoms with Crippen molar-refractivity contribution in [2.24, 2.45) is 0 Å². The Labute approximate surface area is 159 Å². The number of benzene rings is 1. The van der Waals surface area contributed by atoms with Crippen LogP contribution in [0.3, 0.4) is 0 Å². The first-order valence-electron chi connectivity index (χ1n) is 7.83. The Morgan fingerprint density at radius 2 is 2.04 bits per heavy atom. The number of amides is 1. The third-order valence-electron chi connectivity index (χ3n) is 4.01. The van der Waals surface area contributed by atoms with Gasteiger partial charge in [-0.25, -0.2) is 4.79 Å². The van der Waals surface area contributed by atoms with Crippen molar-refractivity contribution >= 4 is 39.8 Å². The molecule has 1 aliphatic rings. The van der Waals surface area contributed by atoms with Crippen LogP contribution in [0.2, 0.25) is 5.02 Å². The minimum Gasteiger partial charge on any atom is -0.478 e. The molecule has 0 spiro atoms. The number of rotatable bonds is 5. The van der Waals surface area contributed by atoms with E-state index in [1.54, 1.807) is 55.0 Å². The first kappa shape index (κ1) is 18.4. The van der Waals surface area contributed by atoms with E-state index in [9.17, 15) is 14.7 Å². The zero-order chi connectivity index (χ0) is 18.7. The highest BCUT2D eigenvalue weighted by Gasteiger charge is 2.22. The average molecular weight is 390 g/mol. The van der Waals surface area contributed by atoms with Crippen LogP contribution in [-0.2, 0) is 9.53 Å². The lowest BCUT2D eigenvalue weighted by Crippen LogP contribution is -2.18. The van der Waals surface area contributed by atoms with Crippen molar-refractivity contribution < 1.29 is 19.4 Å². The molecule has 134 valence electrons. The summed E-state index contributed by atoms with van der Waals surface area (Å²) in [4.78, 5) is 24.2. The molecule has 26 heavy (non-hydrogen) atoms. The van der Waals surface area contributed by atoms with E-state index in [-0.39, 0.29) is 17.6 Å². The Balaban J connectivity index is 1.86. The van der Waals surface area contributed by atoms with Crippen LogP contribution in [0.1, 0.15) is 16.8 Å². The van der Waals surface area contributed by atoms with Gasteiger partial charge in [0.25, 0.3) is 5.91 Å². The number of carbonyl (C=O) groups is 2. The molecule has 5 nitrogen and oxygen atoms in total. The second-order valence-electron chi connectivity index (χ2n) is 5.65. The number of thiophene rings is 1. The second-order valence-corrected chi connectivity index (χ2v) is 6.96. The molecular weight excluding hydrogens is 374 g/mol. The predicted molar refractivity (Wildman–Crippen MR) is 103 cm³/mol. The Morgan fingerprint density at radius 3 is 2.62 bits per heavy atom. The quantitative estimate of drug-likeness (QED) is 0.783. The lowest BCUT2D eigenvalue weighted by atomic mass is 10.0. The second kappa shape index (κ2) is 7.86. The summed E-state index contributed by atoms with van der Waals surface area (Å²) in [5.74, 6) is -1.44. The number of aromatic carboxylic acids is 1. The summed E-state index contributed by atoms with van der Waals surface area (Å²) in [7, 11) is 1.61. The van der Waals surface area contributed by atoms with E-state index in [4.69, 9.17) is 16.3 Å². The maximum absolute atomic E-state index is 12.5. The van der Waals surface area contributed by atoms with Crippen LogP contribution in [0.25, 0.3) is 11.1 Å². The number of carboxylic acids is 1. The Kier molecular flexibility index (Phi) is 5.56. The van der Waals surface area contributed by atoms with Gasteiger partial charge in [-0.3, -0.25) is 4.79 Å². The normalized spacial score (nSPS) is 16.2. The van der Waals surface area contributed by atoms with Crippen molar-refractivity contribution in [3.63, 3.8) is 0 Å². The molecule has 0 saturated carbocycles. The van der Waals surface area contributed by atoms with Gasteiger partial charge in [0.2, 0.25) is 0 Å². The summed E-state index contributed by atoms with van der Waals surface area (Å²) in [6.45, 7) is 0. The Hall–Kier alpha value is -2.41. The van der Waals surface area contributed by atoms with Gasteiger partial charge in [-0.1, -0.05) is 42.0 Å². The number of hydrogen-bond acceptors (Lipinski definition) is 4. The molecule has 0 radical (unpaired) electrons. The number of nitrogens with one attached hydrogen (secondary N) is 1. The molecule has 1 aliphatic carbocycles. The van der Waals surface area contributed by atoms with Crippen LogP contribution >= 0.6 is 22.9 Å². The van der Waals surface area contributed by atoms with E-state index in [0.717, 1.165) is 5.56 Å². The molecule has 0 fully saturated rings. The number of carboxylic acid groups (broad SMARTS) is 1. The van der Waals surface area contributed by atoms with Crippen molar-refractivity contribution in [1.82, 2.24) is 0 Å². The largest absolute Gasteiger partial charge is 0.478 e. The molecule has 3 rings (SSSR count). The molecule has 1 atom stereocenters. The van der Waals surface area contributed by atoms with Crippen LogP contribution in [0, 0.1) is 0 Å². The summed E-state index contributed by atoms with van der Waals surface area (Å²) >= 11 is 7.07. The van der Waals surface area contributed by atoms with Crippen molar-refractivity contribution in [1.29, 1.82) is 0 Å². The number of hydrogen-bond donors (Lipinski definition) is 2. The fourth-order valence-electron chi connectivity index (χ4n) is 2.62. The van der Waals surface area contributed by atoms with Gasteiger partial charge in [0.05, 0.1) is 6.10 Å². The highest BCUT2D eigenvalue weighted by Crippen LogP contribution is 2.36. The van der Waals surface area contributed by atoms with E-state index < -0.39 is 5.97 Å². The summed E-state index contributed by atoms with van der Waals surface area (Å²) in [6.07, 6.45) is 5.82. The van der Waals surface area contributed by atoms with Gasteiger partial charge < -0.3 is 15.2 Å². The van der Waals surface area contributed by atoms with Crippen LogP contribution in [0.5, 0.6) is 0 Å². The highest BCUT2D eigenvalue weighted by molar-refractivity contribution is 7.15. The van der Waals surface area contributed by atoms with Crippen molar-refractivity contribution in [3.8, 4) is 11.1 Å². The van der Waals surface area contributed by atoms with E-state index in [2.05, 4.69) is 5.32 Å². The van der Waals surface area contributed by atoms with Crippen LogP contribution < -0.4 is 5.32 Å². The minimum absolute atomic E-state index is 0.0422. The first-order valence-corrected chi connectivity index (χ1v) is 9.08. The van der Waals surface area contributed by atoms with E-state index >= 15 is 0 Å². The zero-order valence-corrected chi connectivity index (χ0v) is 15.4. The van der Waals surface area contributed by atoms with Gasteiger partial charge in [-0.05, 0) is 24.1 Å². The van der Waals surface area contributed by atoms with Gasteiger partial charge in [0, 0.05) is 28.6 Å². The summed E-state index contributed by atoms with van der Waals surface area (Å²) in [5.41, 5.74) is 1.82. The van der Waals surface area contributed by atoms with Gasteiger partial charge in [-0.15, -0.1) is 11.3 Å². The maximum atomic E-state index is 12.5. The fourth-order valence-corrected chi connectivity index (χ4v) is 3.71. The summed E-state index contributed by atoms with van der Waals surface area (Å²) in [5, 5.41) is 14.9. The summed E-state index contributed by atoms with van der Waals surface area (Å²) < 4.78 is 5.20. The van der Waals surface area contributed by atoms with Gasteiger partial charge in [0.15, 0.2) is 0 Å². The number of halogens is 1. The molecule has 1 unspecified atom stereocenters. The molecule has 7 heteroatoms. The van der Waals surface area contributed by atoms with Gasteiger partial charge >= 0.3 is 5.97 Å². The number of carbonyl (C=O) groups excluding carboxylic acids is 1. The standard InChI is InChI=1S/C19H16ClNO4S/c1-25-14-8-4-12(5-9-14)17(22)21-18-16(19(23)24)15(10-26-18)11-2-6-13(20)7-3-11/h2-8,10,14H,9H2,1H3,(H,21,22)(H,23,24). The maximum Gasteiger partial charge on any atom is 0.339 e. The first-order chi connectivity index (χ1) is 12.5. The molecule has 1 heterocycles. The van der Waals surface area contributed by atoms with E-state index in [1.165, 1.54) is 11.3 Å². The third-order valence-corrected chi connectivity index (χ3v) is 5.16. The third kappa shape index (κ3) is 3.88. The van der Waals surface area contributed by atoms with Gasteiger partial charge in [-0.2, -0.15) is 0 Å². The fraction of sp³-hybridized carbons (Fsp3) is 0.158. The van der Waals surface area contributed by atoms with Gasteiger partial charge in [0.1, 0.15) is 10.6 Å². The molecular formula is C19H16ClNO4S. The molecule has 1 aromatic heterocycles. The van der Waals surface area contributed by atoms with Crippen molar-refractivity contribution in [2.75, 3.05) is 12.4 Å². The smallest absolute Gasteiger partial charge is 0.339 e. The number of ether oxygens (including phenoxy) is 1. The molecule has 2 aromatic rings. The lowest BCUT2D eigenvalue weighted by molar-refractivity contribution is -0.112. The molecule has 0 aliphatic heterocycles. The molecule has 1 aromatic carbocycles. The topological polar surface area (TPSA) is 75.6 Å². The summed E-state index contributed by atoms with van der Waals surface area (Å²) in [6, 6.07) is 6.89. The zero-order valence-electron chi connectivity index (χ0n) is 13.9. The monoisotopic (exact) mass is 389 g/mol. The van der Waals surface area contributed by atoms with E-state index in [0.29, 0.717) is 27.6 Å². The molecule has 1 amide bonds. The highest BCUT2D eigenvalue weighted by atomic mass is 35.5. The SMILES string of the molecule is COC1C=CC(C(=O)Nc2scc(-c3ccc(Cl)cc3)c2C(=O)O)=CC1. The van der Waals surface area contributed by atoms with E-state index in [1.807, 2.05) is 0 Å². The minimum atomic E-state index is -1.10.